The van der Waals surface area contributed by atoms with E-state index >= 15 is 0 Å². The van der Waals surface area contributed by atoms with Gasteiger partial charge in [-0.3, -0.25) is 9.36 Å². The average Bonchev–Trinajstić information content (AvgIpc) is 3.11. The average molecular weight is 463 g/mol. The van der Waals surface area contributed by atoms with E-state index in [0.717, 1.165) is 5.56 Å². The normalized spacial score (nSPS) is 11.7. The van der Waals surface area contributed by atoms with Crippen LogP contribution >= 0.6 is 35.0 Å². The molecule has 1 heterocycles. The molecule has 0 aliphatic rings. The van der Waals surface area contributed by atoms with Crippen molar-refractivity contribution < 1.29 is 9.53 Å². The number of anilines is 1. The Labute approximate surface area is 189 Å². The smallest absolute Gasteiger partial charge is 0.237 e. The molecule has 0 bridgehead atoms. The van der Waals surface area contributed by atoms with Gasteiger partial charge in [-0.1, -0.05) is 41.0 Å². The fraction of sp³-hybridized carbons (Fsp3) is 0.190. The Bertz CT molecular complexity index is 1050. The molecule has 2 aromatic carbocycles. The topological polar surface area (TPSA) is 69.0 Å². The second kappa shape index (κ2) is 10.0. The number of amides is 1. The summed E-state index contributed by atoms with van der Waals surface area (Å²) in [6, 6.07) is 12.4. The molecule has 0 aliphatic carbocycles. The summed E-state index contributed by atoms with van der Waals surface area (Å²) in [6.45, 7) is 6.11. The molecule has 156 valence electrons. The van der Waals surface area contributed by atoms with Crippen LogP contribution in [0.15, 0.2) is 60.3 Å². The molecule has 0 fully saturated rings. The standard InChI is InChI=1S/C21H20Cl2N4O2S/c1-4-11-27-19(14-5-7-15(22)8-6-14)25-26-21(27)30-13(2)20(28)24-17-12-16(23)9-10-18(17)29-3/h4-10,12-13H,1,11H2,2-3H3,(H,24,28). The summed E-state index contributed by atoms with van der Waals surface area (Å²) in [5, 5.41) is 12.8. The molecule has 3 rings (SSSR count). The fourth-order valence-electron chi connectivity index (χ4n) is 2.71. The van der Waals surface area contributed by atoms with E-state index in [1.165, 1.54) is 18.9 Å². The zero-order valence-electron chi connectivity index (χ0n) is 16.4. The van der Waals surface area contributed by atoms with Gasteiger partial charge in [-0.05, 0) is 49.4 Å². The second-order valence-corrected chi connectivity index (χ2v) is 8.49. The van der Waals surface area contributed by atoms with Crippen LogP contribution in [0, 0.1) is 0 Å². The number of hydrogen-bond donors (Lipinski definition) is 1. The zero-order valence-corrected chi connectivity index (χ0v) is 18.8. The molecule has 1 unspecified atom stereocenters. The fourth-order valence-corrected chi connectivity index (χ4v) is 3.86. The first-order chi connectivity index (χ1) is 14.4. The third-order valence-corrected chi connectivity index (χ3v) is 5.77. The highest BCUT2D eigenvalue weighted by Gasteiger charge is 2.21. The number of methoxy groups -OCH3 is 1. The van der Waals surface area contributed by atoms with Crippen LogP contribution < -0.4 is 10.1 Å². The lowest BCUT2D eigenvalue weighted by Gasteiger charge is -2.15. The van der Waals surface area contributed by atoms with E-state index in [9.17, 15) is 4.79 Å². The van der Waals surface area contributed by atoms with Crippen LogP contribution in [0.1, 0.15) is 6.92 Å². The number of nitrogens with one attached hydrogen (secondary N) is 1. The lowest BCUT2D eigenvalue weighted by Crippen LogP contribution is -2.23. The van der Waals surface area contributed by atoms with Crippen LogP contribution in [0.4, 0.5) is 5.69 Å². The highest BCUT2D eigenvalue weighted by atomic mass is 35.5. The van der Waals surface area contributed by atoms with Gasteiger partial charge in [0.15, 0.2) is 11.0 Å². The molecule has 0 spiro atoms. The largest absolute Gasteiger partial charge is 0.495 e. The van der Waals surface area contributed by atoms with Crippen LogP contribution in [-0.2, 0) is 11.3 Å². The van der Waals surface area contributed by atoms with E-state index in [2.05, 4.69) is 22.1 Å². The third-order valence-electron chi connectivity index (χ3n) is 4.20. The van der Waals surface area contributed by atoms with Crippen molar-refractivity contribution in [2.24, 2.45) is 0 Å². The summed E-state index contributed by atoms with van der Waals surface area (Å²) in [5.41, 5.74) is 1.39. The van der Waals surface area contributed by atoms with Crippen molar-refractivity contribution in [2.45, 2.75) is 23.9 Å². The molecule has 1 N–H and O–H groups in total. The summed E-state index contributed by atoms with van der Waals surface area (Å²) in [5.74, 6) is 1.00. The molecule has 3 aromatic rings. The monoisotopic (exact) mass is 462 g/mol. The summed E-state index contributed by atoms with van der Waals surface area (Å²) >= 11 is 13.3. The Hall–Kier alpha value is -2.48. The molecular weight excluding hydrogens is 443 g/mol. The Morgan fingerprint density at radius 2 is 1.93 bits per heavy atom. The highest BCUT2D eigenvalue weighted by molar-refractivity contribution is 8.00. The van der Waals surface area contributed by atoms with Gasteiger partial charge in [0.05, 0.1) is 18.0 Å². The maximum atomic E-state index is 12.8. The van der Waals surface area contributed by atoms with Crippen LogP contribution in [0.3, 0.4) is 0 Å². The number of aromatic nitrogens is 3. The van der Waals surface area contributed by atoms with Gasteiger partial charge in [-0.2, -0.15) is 0 Å². The van der Waals surface area contributed by atoms with Gasteiger partial charge in [-0.15, -0.1) is 16.8 Å². The lowest BCUT2D eigenvalue weighted by molar-refractivity contribution is -0.115. The number of allylic oxidation sites excluding steroid dienone is 1. The Balaban J connectivity index is 1.80. The number of rotatable bonds is 8. The van der Waals surface area contributed by atoms with Gasteiger partial charge in [-0.25, -0.2) is 0 Å². The summed E-state index contributed by atoms with van der Waals surface area (Å²) < 4.78 is 7.19. The first kappa shape index (κ1) is 22.2. The molecule has 0 saturated carbocycles. The number of thioether (sulfide) groups is 1. The number of nitrogens with zero attached hydrogens (tertiary/aromatic N) is 3. The van der Waals surface area contributed by atoms with E-state index in [1.54, 1.807) is 43.3 Å². The predicted octanol–water partition coefficient (Wildman–Crippen LogP) is 5.57. The molecule has 0 radical (unpaired) electrons. The Morgan fingerprint density at radius 3 is 2.60 bits per heavy atom. The molecule has 30 heavy (non-hydrogen) atoms. The number of hydrogen-bond acceptors (Lipinski definition) is 5. The number of carbonyl (C=O) groups excluding carboxylic acids is 1. The summed E-state index contributed by atoms with van der Waals surface area (Å²) in [7, 11) is 1.53. The van der Waals surface area contributed by atoms with Crippen LogP contribution in [0.5, 0.6) is 5.75 Å². The van der Waals surface area contributed by atoms with Gasteiger partial charge in [0.1, 0.15) is 5.75 Å². The molecule has 0 saturated heterocycles. The van der Waals surface area contributed by atoms with Gasteiger partial charge in [0, 0.05) is 22.2 Å². The van der Waals surface area contributed by atoms with Crippen molar-refractivity contribution in [3.8, 4) is 17.1 Å². The SMILES string of the molecule is C=CCn1c(SC(C)C(=O)Nc2cc(Cl)ccc2OC)nnc1-c1ccc(Cl)cc1. The maximum absolute atomic E-state index is 12.8. The van der Waals surface area contributed by atoms with E-state index in [4.69, 9.17) is 27.9 Å². The number of halogens is 2. The molecular formula is C21H20Cl2N4O2S. The quantitative estimate of drug-likeness (QED) is 0.350. The molecule has 9 heteroatoms. The van der Waals surface area contributed by atoms with Crippen LogP contribution in [0.25, 0.3) is 11.4 Å². The predicted molar refractivity (Wildman–Crippen MR) is 123 cm³/mol. The maximum Gasteiger partial charge on any atom is 0.237 e. The van der Waals surface area contributed by atoms with E-state index in [0.29, 0.717) is 39.0 Å². The van der Waals surface area contributed by atoms with Crippen molar-refractivity contribution >= 4 is 46.6 Å². The zero-order chi connectivity index (χ0) is 21.7. The van der Waals surface area contributed by atoms with Gasteiger partial charge in [0.2, 0.25) is 5.91 Å². The number of ether oxygens (including phenoxy) is 1. The van der Waals surface area contributed by atoms with Crippen LogP contribution in [0.2, 0.25) is 10.0 Å². The van der Waals surface area contributed by atoms with E-state index in [-0.39, 0.29) is 5.91 Å². The lowest BCUT2D eigenvalue weighted by atomic mass is 10.2. The van der Waals surface area contributed by atoms with E-state index in [1.807, 2.05) is 16.7 Å². The molecule has 6 nitrogen and oxygen atoms in total. The summed E-state index contributed by atoms with van der Waals surface area (Å²) in [4.78, 5) is 12.8. The molecule has 1 aromatic heterocycles. The molecule has 1 amide bonds. The highest BCUT2D eigenvalue weighted by Crippen LogP contribution is 2.31. The third kappa shape index (κ3) is 5.16. The van der Waals surface area contributed by atoms with Crippen molar-refractivity contribution in [3.63, 3.8) is 0 Å². The summed E-state index contributed by atoms with van der Waals surface area (Å²) in [6.07, 6.45) is 1.76. The van der Waals surface area contributed by atoms with Gasteiger partial charge < -0.3 is 10.1 Å². The molecule has 0 aliphatic heterocycles. The first-order valence-corrected chi connectivity index (χ1v) is 10.7. The number of benzene rings is 2. The van der Waals surface area contributed by atoms with Gasteiger partial charge >= 0.3 is 0 Å². The van der Waals surface area contributed by atoms with E-state index < -0.39 is 5.25 Å². The second-order valence-electron chi connectivity index (χ2n) is 6.31. The molecule has 1 atom stereocenters. The minimum atomic E-state index is -0.445. The minimum absolute atomic E-state index is 0.207. The van der Waals surface area contributed by atoms with Crippen molar-refractivity contribution in [2.75, 3.05) is 12.4 Å². The van der Waals surface area contributed by atoms with Gasteiger partial charge in [0.25, 0.3) is 0 Å². The van der Waals surface area contributed by atoms with Crippen molar-refractivity contribution in [3.05, 3.63) is 65.2 Å². The Kier molecular flexibility index (Phi) is 7.42. The van der Waals surface area contributed by atoms with Crippen molar-refractivity contribution in [1.29, 1.82) is 0 Å². The minimum Gasteiger partial charge on any atom is -0.495 e. The van der Waals surface area contributed by atoms with Crippen molar-refractivity contribution in [1.82, 2.24) is 14.8 Å². The Morgan fingerprint density at radius 1 is 1.23 bits per heavy atom. The first-order valence-electron chi connectivity index (χ1n) is 9.04. The number of carbonyl (C=O) groups is 1. The van der Waals surface area contributed by atoms with Crippen LogP contribution in [-0.4, -0.2) is 33.0 Å².